The summed E-state index contributed by atoms with van der Waals surface area (Å²) in [6.45, 7) is 1.88. The highest BCUT2D eigenvalue weighted by molar-refractivity contribution is 8.16. The van der Waals surface area contributed by atoms with Crippen LogP contribution in [0.4, 0.5) is 21.9 Å². The zero-order chi connectivity index (χ0) is 17.3. The van der Waals surface area contributed by atoms with E-state index in [2.05, 4.69) is 5.32 Å². The predicted octanol–water partition coefficient (Wildman–Crippen LogP) is 3.54. The molecule has 24 heavy (non-hydrogen) atoms. The molecule has 0 unspecified atom stereocenters. The summed E-state index contributed by atoms with van der Waals surface area (Å²) in [4.78, 5) is 36.2. The number of rotatable bonds is 4. The minimum atomic E-state index is -0.819. The van der Waals surface area contributed by atoms with Crippen molar-refractivity contribution < 1.29 is 14.5 Å². The third kappa shape index (κ3) is 3.09. The van der Waals surface area contributed by atoms with E-state index < -0.39 is 16.2 Å². The number of carbonyl (C=O) groups is 2. The van der Waals surface area contributed by atoms with E-state index in [9.17, 15) is 19.7 Å². The number of nitrogens with zero attached hydrogens (tertiary/aromatic N) is 2. The van der Waals surface area contributed by atoms with E-state index in [-0.39, 0.29) is 10.9 Å². The highest BCUT2D eigenvalue weighted by Gasteiger charge is 2.40. The first-order chi connectivity index (χ1) is 11.5. The van der Waals surface area contributed by atoms with Gasteiger partial charge in [-0.1, -0.05) is 18.2 Å². The summed E-state index contributed by atoms with van der Waals surface area (Å²) in [5.74, 6) is -0.401. The predicted molar refractivity (Wildman–Crippen MR) is 92.2 cm³/mol. The summed E-state index contributed by atoms with van der Waals surface area (Å²) in [7, 11) is 0. The minimum Gasteiger partial charge on any atom is -0.365 e. The van der Waals surface area contributed by atoms with E-state index in [0.717, 1.165) is 22.2 Å². The molecule has 2 aromatic carbocycles. The third-order valence-corrected chi connectivity index (χ3v) is 4.40. The number of nitro groups is 1. The van der Waals surface area contributed by atoms with Crippen LogP contribution in [0.25, 0.3) is 0 Å². The van der Waals surface area contributed by atoms with E-state index in [0.29, 0.717) is 11.4 Å². The van der Waals surface area contributed by atoms with Crippen LogP contribution in [0.1, 0.15) is 5.56 Å². The molecule has 3 rings (SSSR count). The van der Waals surface area contributed by atoms with Crippen LogP contribution >= 0.6 is 11.8 Å². The van der Waals surface area contributed by atoms with Gasteiger partial charge in [0.15, 0.2) is 5.37 Å². The topological polar surface area (TPSA) is 92.6 Å². The Morgan fingerprint density at radius 3 is 2.62 bits per heavy atom. The molecular formula is C16H13N3O4S. The fourth-order valence-corrected chi connectivity index (χ4v) is 3.27. The Hall–Kier alpha value is -2.87. The fraction of sp³-hybridized carbons (Fsp3) is 0.125. The molecule has 122 valence electrons. The smallest absolute Gasteiger partial charge is 0.295 e. The second kappa shape index (κ2) is 6.32. The number of benzene rings is 2. The number of hydrogen-bond donors (Lipinski definition) is 1. The standard InChI is InChI=1S/C16H13N3O4S/c1-10-4-2-6-12(8-10)18-15(20)14(24-16(18)21)17-11-5-3-7-13(9-11)19(22)23/h2-9,14,17H,1H3/t14-/m1/s1. The van der Waals surface area contributed by atoms with Crippen molar-refractivity contribution in [3.8, 4) is 0 Å². The molecule has 0 aliphatic carbocycles. The average molecular weight is 343 g/mol. The van der Waals surface area contributed by atoms with Crippen LogP contribution in [0.3, 0.4) is 0 Å². The zero-order valence-electron chi connectivity index (χ0n) is 12.6. The lowest BCUT2D eigenvalue weighted by atomic mass is 10.2. The van der Waals surface area contributed by atoms with Gasteiger partial charge in [0.25, 0.3) is 16.8 Å². The van der Waals surface area contributed by atoms with Gasteiger partial charge < -0.3 is 5.32 Å². The Morgan fingerprint density at radius 1 is 1.17 bits per heavy atom. The molecule has 1 aliphatic heterocycles. The van der Waals surface area contributed by atoms with Crippen molar-refractivity contribution in [3.05, 3.63) is 64.2 Å². The Bertz CT molecular complexity index is 840. The number of anilines is 2. The van der Waals surface area contributed by atoms with E-state index in [1.807, 2.05) is 13.0 Å². The van der Waals surface area contributed by atoms with Crippen LogP contribution in [-0.4, -0.2) is 21.4 Å². The molecule has 2 amide bonds. The number of non-ortho nitro benzene ring substituents is 1. The number of hydrogen-bond acceptors (Lipinski definition) is 6. The van der Waals surface area contributed by atoms with Crippen LogP contribution in [0.2, 0.25) is 0 Å². The number of thioether (sulfide) groups is 1. The number of amides is 2. The molecule has 1 heterocycles. The highest BCUT2D eigenvalue weighted by atomic mass is 32.2. The van der Waals surface area contributed by atoms with Gasteiger partial charge in [-0.3, -0.25) is 19.7 Å². The molecule has 0 radical (unpaired) electrons. The number of aryl methyl sites for hydroxylation is 1. The fourth-order valence-electron chi connectivity index (χ4n) is 2.36. The van der Waals surface area contributed by atoms with Crippen LogP contribution in [0.15, 0.2) is 48.5 Å². The molecule has 1 atom stereocenters. The van der Waals surface area contributed by atoms with Crippen LogP contribution in [-0.2, 0) is 4.79 Å². The number of carbonyl (C=O) groups excluding carboxylic acids is 2. The molecule has 1 aliphatic rings. The summed E-state index contributed by atoms with van der Waals surface area (Å²) < 4.78 is 0. The van der Waals surface area contributed by atoms with Crippen molar-refractivity contribution in [2.45, 2.75) is 12.3 Å². The number of nitrogens with one attached hydrogen (secondary N) is 1. The van der Waals surface area contributed by atoms with Gasteiger partial charge >= 0.3 is 0 Å². The van der Waals surface area contributed by atoms with E-state index >= 15 is 0 Å². The summed E-state index contributed by atoms with van der Waals surface area (Å²) in [5.41, 5.74) is 1.78. The van der Waals surface area contributed by atoms with Gasteiger partial charge in [0.1, 0.15) is 0 Å². The van der Waals surface area contributed by atoms with E-state index in [1.54, 1.807) is 24.3 Å². The first-order valence-corrected chi connectivity index (χ1v) is 7.96. The molecule has 0 aromatic heterocycles. The van der Waals surface area contributed by atoms with Crippen molar-refractivity contribution in [2.24, 2.45) is 0 Å². The average Bonchev–Trinajstić information content (AvgIpc) is 2.81. The molecule has 8 heteroatoms. The Labute approximate surface area is 141 Å². The number of nitro benzene ring substituents is 1. The first kappa shape index (κ1) is 16.0. The largest absolute Gasteiger partial charge is 0.365 e. The minimum absolute atomic E-state index is 0.0858. The zero-order valence-corrected chi connectivity index (χ0v) is 13.4. The van der Waals surface area contributed by atoms with Gasteiger partial charge in [-0.25, -0.2) is 4.90 Å². The van der Waals surface area contributed by atoms with Gasteiger partial charge in [-0.05, 0) is 42.4 Å². The molecule has 1 saturated heterocycles. The second-order valence-electron chi connectivity index (χ2n) is 5.23. The Morgan fingerprint density at radius 2 is 1.92 bits per heavy atom. The van der Waals surface area contributed by atoms with Gasteiger partial charge in [-0.15, -0.1) is 0 Å². The highest BCUT2D eigenvalue weighted by Crippen LogP contribution is 2.33. The van der Waals surface area contributed by atoms with Gasteiger partial charge in [0.05, 0.1) is 10.6 Å². The molecule has 1 fully saturated rings. The van der Waals surface area contributed by atoms with Crippen molar-refractivity contribution in [2.75, 3.05) is 10.2 Å². The maximum Gasteiger partial charge on any atom is 0.295 e. The molecule has 0 saturated carbocycles. The monoisotopic (exact) mass is 343 g/mol. The summed E-state index contributed by atoms with van der Waals surface area (Å²) in [6.07, 6.45) is 0. The lowest BCUT2D eigenvalue weighted by Crippen LogP contribution is -2.34. The van der Waals surface area contributed by atoms with Crippen molar-refractivity contribution in [3.63, 3.8) is 0 Å². The molecule has 0 bridgehead atoms. The Balaban J connectivity index is 1.82. The SMILES string of the molecule is Cc1cccc(N2C(=O)S[C@@H](Nc3cccc([N+](=O)[O-])c3)C2=O)c1. The molecule has 0 spiro atoms. The van der Waals surface area contributed by atoms with Crippen molar-refractivity contribution in [1.29, 1.82) is 0 Å². The van der Waals surface area contributed by atoms with Gasteiger partial charge in [-0.2, -0.15) is 0 Å². The van der Waals surface area contributed by atoms with Gasteiger partial charge in [0, 0.05) is 17.8 Å². The summed E-state index contributed by atoms with van der Waals surface area (Å²) in [6, 6.07) is 12.9. The summed E-state index contributed by atoms with van der Waals surface area (Å²) in [5, 5.41) is 12.5. The molecule has 7 nitrogen and oxygen atoms in total. The quantitative estimate of drug-likeness (QED) is 0.674. The van der Waals surface area contributed by atoms with Crippen molar-refractivity contribution >= 4 is 40.0 Å². The third-order valence-electron chi connectivity index (χ3n) is 3.46. The van der Waals surface area contributed by atoms with Crippen LogP contribution in [0.5, 0.6) is 0 Å². The second-order valence-corrected chi connectivity index (χ2v) is 6.28. The lowest BCUT2D eigenvalue weighted by molar-refractivity contribution is -0.384. The normalized spacial score (nSPS) is 17.2. The van der Waals surface area contributed by atoms with Gasteiger partial charge in [0.2, 0.25) is 0 Å². The van der Waals surface area contributed by atoms with E-state index in [4.69, 9.17) is 0 Å². The Kier molecular flexibility index (Phi) is 4.22. The maximum atomic E-state index is 12.5. The molecule has 1 N–H and O–H groups in total. The van der Waals surface area contributed by atoms with E-state index in [1.165, 1.54) is 18.2 Å². The molecule has 2 aromatic rings. The maximum absolute atomic E-state index is 12.5. The number of imide groups is 1. The van der Waals surface area contributed by atoms with Crippen LogP contribution < -0.4 is 10.2 Å². The summed E-state index contributed by atoms with van der Waals surface area (Å²) >= 11 is 0.848. The van der Waals surface area contributed by atoms with Crippen molar-refractivity contribution in [1.82, 2.24) is 0 Å². The first-order valence-electron chi connectivity index (χ1n) is 7.08. The lowest BCUT2D eigenvalue weighted by Gasteiger charge is -2.15. The molecular weight excluding hydrogens is 330 g/mol. The van der Waals surface area contributed by atoms with Crippen LogP contribution in [0, 0.1) is 17.0 Å².